The lowest BCUT2D eigenvalue weighted by Gasteiger charge is -2.36. The number of amides is 2. The largest absolute Gasteiger partial charge is 0.493 e. The second-order valence-corrected chi connectivity index (χ2v) is 6.68. The Morgan fingerprint density at radius 2 is 1.82 bits per heavy atom. The summed E-state index contributed by atoms with van der Waals surface area (Å²) in [5, 5.41) is 7.85. The van der Waals surface area contributed by atoms with Gasteiger partial charge in [0, 0.05) is 24.9 Å². The molecule has 0 saturated carbocycles. The van der Waals surface area contributed by atoms with Crippen LogP contribution in [0, 0.1) is 17.0 Å². The summed E-state index contributed by atoms with van der Waals surface area (Å²) in [5.74, 6) is -2.57. The maximum Gasteiger partial charge on any atom is 0.329 e. The number of nitrogens with zero attached hydrogens (tertiary/aromatic N) is 3. The van der Waals surface area contributed by atoms with Gasteiger partial charge in [-0.25, -0.2) is 18.6 Å². The summed E-state index contributed by atoms with van der Waals surface area (Å²) in [6, 6.07) is 0.341. The number of hydrogen-bond donors (Lipinski definition) is 2. The number of aromatic nitrogens is 1. The van der Waals surface area contributed by atoms with Crippen molar-refractivity contribution >= 4 is 43.8 Å². The van der Waals surface area contributed by atoms with Crippen LogP contribution in [0.3, 0.4) is 0 Å². The molecule has 8 nitrogen and oxygen atoms in total. The molecule has 1 aromatic carbocycles. The van der Waals surface area contributed by atoms with Gasteiger partial charge in [0.1, 0.15) is 16.1 Å². The van der Waals surface area contributed by atoms with Crippen molar-refractivity contribution in [2.24, 2.45) is 0 Å². The summed E-state index contributed by atoms with van der Waals surface area (Å²) < 4.78 is 39.5. The van der Waals surface area contributed by atoms with E-state index in [0.29, 0.717) is 11.3 Å². The molecule has 1 aromatic heterocycles. The highest BCUT2D eigenvalue weighted by Crippen LogP contribution is 2.42. The molecule has 0 fully saturated rings. The molecular weight excluding hydrogens is 440 g/mol. The number of halogens is 3. The number of carbonyl (C=O) groups is 1. The summed E-state index contributed by atoms with van der Waals surface area (Å²) in [7, 11) is 3.86. The van der Waals surface area contributed by atoms with E-state index in [1.807, 2.05) is 0 Å². The fraction of sp³-hybridized carbons (Fsp3) is 0.235. The molecular formula is C17H16BrF2N5O3. The molecule has 0 spiro atoms. The third-order valence-corrected chi connectivity index (χ3v) is 4.77. The highest BCUT2D eigenvalue weighted by Gasteiger charge is 2.37. The summed E-state index contributed by atoms with van der Waals surface area (Å²) >= 11 is 3.04. The van der Waals surface area contributed by atoms with Crippen LogP contribution in [0.15, 0.2) is 12.3 Å². The monoisotopic (exact) mass is 455 g/mol. The lowest BCUT2D eigenvalue weighted by atomic mass is 10.1. The molecule has 0 aliphatic carbocycles. The molecule has 0 unspecified atom stereocenters. The first kappa shape index (κ1) is 19.8. The first-order valence-corrected chi connectivity index (χ1v) is 8.69. The Bertz CT molecular complexity index is 973. The number of urea groups is 1. The lowest BCUT2D eigenvalue weighted by molar-refractivity contribution is 0.250. The summed E-state index contributed by atoms with van der Waals surface area (Å²) in [6.45, 7) is -0.191. The Labute approximate surface area is 167 Å². The van der Waals surface area contributed by atoms with Gasteiger partial charge in [-0.3, -0.25) is 15.2 Å². The lowest BCUT2D eigenvalue weighted by Crippen LogP contribution is -2.47. The second kappa shape index (κ2) is 7.23. The van der Waals surface area contributed by atoms with E-state index in [1.54, 1.807) is 0 Å². The zero-order valence-corrected chi connectivity index (χ0v) is 16.7. The Morgan fingerprint density at radius 1 is 1.25 bits per heavy atom. The number of methoxy groups -OCH3 is 2. The summed E-state index contributed by atoms with van der Waals surface area (Å²) in [4.78, 5) is 19.1. The third kappa shape index (κ3) is 2.91. The summed E-state index contributed by atoms with van der Waals surface area (Å²) in [5.41, 5.74) is 6.24. The van der Waals surface area contributed by atoms with Crippen molar-refractivity contribution in [2.45, 2.75) is 6.54 Å². The smallest absolute Gasteiger partial charge is 0.329 e. The van der Waals surface area contributed by atoms with Crippen molar-refractivity contribution in [3.8, 4) is 11.5 Å². The van der Waals surface area contributed by atoms with E-state index in [9.17, 15) is 13.6 Å². The van der Waals surface area contributed by atoms with Crippen molar-refractivity contribution in [2.75, 3.05) is 36.8 Å². The van der Waals surface area contributed by atoms with Gasteiger partial charge >= 0.3 is 6.03 Å². The second-order valence-electron chi connectivity index (χ2n) is 5.89. The molecule has 3 rings (SSSR count). The molecule has 1 aliphatic heterocycles. The van der Waals surface area contributed by atoms with Crippen molar-refractivity contribution in [1.29, 1.82) is 5.41 Å². The minimum atomic E-state index is -1.04. The predicted octanol–water partition coefficient (Wildman–Crippen LogP) is 3.26. The van der Waals surface area contributed by atoms with Crippen LogP contribution in [-0.4, -0.2) is 36.9 Å². The SMILES string of the molecule is COc1cc(OC)c(F)c(N2Cc3cnc(N)c(C(=N)Br)c3N(C)C2=O)c1F. The quantitative estimate of drug-likeness (QED) is 0.688. The topological polar surface area (TPSA) is 105 Å². The summed E-state index contributed by atoms with van der Waals surface area (Å²) in [6.07, 6.45) is 1.40. The van der Waals surface area contributed by atoms with Crippen LogP contribution in [0.5, 0.6) is 11.5 Å². The average molecular weight is 456 g/mol. The van der Waals surface area contributed by atoms with Crippen LogP contribution in [-0.2, 0) is 6.54 Å². The Kier molecular flexibility index (Phi) is 5.11. The number of carbonyl (C=O) groups excluding carboxylic acids is 1. The molecule has 2 aromatic rings. The van der Waals surface area contributed by atoms with Gasteiger partial charge in [0.15, 0.2) is 23.1 Å². The van der Waals surface area contributed by atoms with Crippen LogP contribution in [0.2, 0.25) is 0 Å². The van der Waals surface area contributed by atoms with Gasteiger partial charge in [-0.05, 0) is 15.9 Å². The maximum absolute atomic E-state index is 14.9. The molecule has 148 valence electrons. The standard InChI is InChI=1S/C17H16BrF2N5O3/c1-24-13-7(5-23-16(22)10(13)15(18)21)6-25(17(24)26)14-11(19)8(27-2)4-9(28-3)12(14)20/h4-5,21H,6H2,1-3H3,(H2,22,23). The van der Waals surface area contributed by atoms with Crippen LogP contribution in [0.25, 0.3) is 0 Å². The zero-order valence-electron chi connectivity index (χ0n) is 15.1. The zero-order chi connectivity index (χ0) is 20.7. The number of benzene rings is 1. The highest BCUT2D eigenvalue weighted by molar-refractivity contribution is 9.18. The molecule has 28 heavy (non-hydrogen) atoms. The van der Waals surface area contributed by atoms with Gasteiger partial charge in [0.05, 0.1) is 32.0 Å². The molecule has 0 radical (unpaired) electrons. The van der Waals surface area contributed by atoms with Gasteiger partial charge in [-0.2, -0.15) is 0 Å². The highest BCUT2D eigenvalue weighted by atomic mass is 79.9. The Balaban J connectivity index is 2.22. The number of rotatable bonds is 4. The van der Waals surface area contributed by atoms with Crippen LogP contribution in [0.4, 0.5) is 30.8 Å². The molecule has 1 aliphatic rings. The van der Waals surface area contributed by atoms with E-state index < -0.39 is 23.4 Å². The molecule has 0 bridgehead atoms. The molecule has 2 amide bonds. The molecule has 11 heteroatoms. The predicted molar refractivity (Wildman–Crippen MR) is 104 cm³/mol. The van der Waals surface area contributed by atoms with Crippen LogP contribution >= 0.6 is 15.9 Å². The number of hydrogen-bond acceptors (Lipinski definition) is 6. The van der Waals surface area contributed by atoms with Gasteiger partial charge in [-0.15, -0.1) is 0 Å². The van der Waals surface area contributed by atoms with E-state index >= 15 is 0 Å². The van der Waals surface area contributed by atoms with E-state index in [-0.39, 0.29) is 34.0 Å². The van der Waals surface area contributed by atoms with Gasteiger partial charge < -0.3 is 15.2 Å². The molecule has 2 heterocycles. The van der Waals surface area contributed by atoms with Crippen molar-refractivity contribution in [3.05, 3.63) is 35.0 Å². The average Bonchev–Trinajstić information content (AvgIpc) is 2.66. The fourth-order valence-electron chi connectivity index (χ4n) is 3.07. The number of anilines is 3. The number of nitrogen functional groups attached to an aromatic ring is 1. The van der Waals surface area contributed by atoms with E-state index in [4.69, 9.17) is 20.6 Å². The molecule has 0 atom stereocenters. The van der Waals surface area contributed by atoms with Gasteiger partial charge in [-0.1, -0.05) is 0 Å². The van der Waals surface area contributed by atoms with E-state index in [1.165, 1.54) is 27.5 Å². The Morgan fingerprint density at radius 3 is 2.32 bits per heavy atom. The van der Waals surface area contributed by atoms with Crippen LogP contribution in [0.1, 0.15) is 11.1 Å². The number of ether oxygens (including phenoxy) is 2. The van der Waals surface area contributed by atoms with Gasteiger partial charge in [0.2, 0.25) is 0 Å². The number of nitrogens with one attached hydrogen (secondary N) is 1. The first-order valence-electron chi connectivity index (χ1n) is 7.89. The maximum atomic E-state index is 14.9. The fourth-order valence-corrected chi connectivity index (χ4v) is 3.46. The number of fused-ring (bicyclic) bond motifs is 1. The van der Waals surface area contributed by atoms with Crippen molar-refractivity contribution < 1.29 is 23.0 Å². The van der Waals surface area contributed by atoms with Crippen molar-refractivity contribution in [3.63, 3.8) is 0 Å². The van der Waals surface area contributed by atoms with Crippen LogP contribution < -0.4 is 25.0 Å². The third-order valence-electron chi connectivity index (χ3n) is 4.38. The number of pyridine rings is 1. The minimum Gasteiger partial charge on any atom is -0.493 e. The number of nitrogens with two attached hydrogens (primary N) is 1. The molecule has 0 saturated heterocycles. The molecule has 3 N–H and O–H groups in total. The van der Waals surface area contributed by atoms with E-state index in [0.717, 1.165) is 15.9 Å². The first-order chi connectivity index (χ1) is 13.2. The Hall–Kier alpha value is -2.95. The normalized spacial score (nSPS) is 13.4. The minimum absolute atomic E-state index is 0.0501. The van der Waals surface area contributed by atoms with Crippen molar-refractivity contribution in [1.82, 2.24) is 4.98 Å². The van der Waals surface area contributed by atoms with E-state index in [2.05, 4.69) is 20.9 Å². The van der Waals surface area contributed by atoms with Gasteiger partial charge in [0.25, 0.3) is 0 Å².